The van der Waals surface area contributed by atoms with Gasteiger partial charge in [0, 0.05) is 5.75 Å². The van der Waals surface area contributed by atoms with E-state index in [2.05, 4.69) is 0 Å². The molecular weight excluding hydrogens is 144 g/mol. The Kier molecular flexibility index (Phi) is 2.08. The lowest BCUT2D eigenvalue weighted by Gasteiger charge is -1.95. The van der Waals surface area contributed by atoms with Crippen LogP contribution < -0.4 is 0 Å². The van der Waals surface area contributed by atoms with E-state index in [0.717, 1.165) is 12.2 Å². The van der Waals surface area contributed by atoms with Crippen molar-refractivity contribution in [3.8, 4) is 0 Å². The average molecular weight is 150 g/mol. The molecule has 0 spiro atoms. The first kappa shape index (κ1) is 6.29. The summed E-state index contributed by atoms with van der Waals surface area (Å²) in [6.45, 7) is 0. The minimum absolute atomic E-state index is 0.139. The number of carboxylic acid groups (broad SMARTS) is 1. The van der Waals surface area contributed by atoms with E-state index in [-0.39, 0.29) is 5.25 Å². The van der Waals surface area contributed by atoms with Crippen LogP contribution in [-0.4, -0.2) is 22.1 Å². The van der Waals surface area contributed by atoms with E-state index in [1.807, 2.05) is 0 Å². The second-order valence-electron chi connectivity index (χ2n) is 1.53. The van der Waals surface area contributed by atoms with Crippen molar-refractivity contribution in [2.24, 2.45) is 0 Å². The molecule has 1 aliphatic rings. The maximum Gasteiger partial charge on any atom is 0.317 e. The van der Waals surface area contributed by atoms with Crippen molar-refractivity contribution in [1.29, 1.82) is 0 Å². The molecule has 4 heteroatoms. The minimum atomic E-state index is -0.667. The molecule has 1 rings (SSSR count). The van der Waals surface area contributed by atoms with Crippen molar-refractivity contribution in [2.75, 3.05) is 5.75 Å². The smallest absolute Gasteiger partial charge is 0.317 e. The highest BCUT2D eigenvalue weighted by molar-refractivity contribution is 8.77. The van der Waals surface area contributed by atoms with Gasteiger partial charge in [-0.3, -0.25) is 4.79 Å². The molecule has 46 valence electrons. The van der Waals surface area contributed by atoms with Gasteiger partial charge in [-0.15, -0.1) is 0 Å². The normalized spacial score (nSPS) is 28.2. The summed E-state index contributed by atoms with van der Waals surface area (Å²) in [4.78, 5) is 10.2. The third-order valence-corrected chi connectivity index (χ3v) is 3.74. The van der Waals surface area contributed by atoms with Crippen LogP contribution in [0.2, 0.25) is 0 Å². The molecule has 0 amide bonds. The number of aliphatic carboxylic acids is 1. The van der Waals surface area contributed by atoms with Crippen LogP contribution in [0.25, 0.3) is 0 Å². The Balaban J connectivity index is 2.35. The zero-order chi connectivity index (χ0) is 5.98. The number of rotatable bonds is 1. The maximum atomic E-state index is 10.2. The fourth-order valence-electron chi connectivity index (χ4n) is 0.498. The topological polar surface area (TPSA) is 37.3 Å². The zero-order valence-corrected chi connectivity index (χ0v) is 5.80. The van der Waals surface area contributed by atoms with Crippen LogP contribution >= 0.6 is 21.6 Å². The summed E-state index contributed by atoms with van der Waals surface area (Å²) in [5, 5.41) is 8.24. The lowest BCUT2D eigenvalue weighted by Crippen LogP contribution is -2.11. The molecule has 0 aromatic rings. The summed E-state index contributed by atoms with van der Waals surface area (Å²) in [6, 6.07) is 0. The average Bonchev–Trinajstić information content (AvgIpc) is 2.12. The Labute approximate surface area is 55.4 Å². The van der Waals surface area contributed by atoms with E-state index in [9.17, 15) is 4.79 Å². The van der Waals surface area contributed by atoms with E-state index >= 15 is 0 Å². The van der Waals surface area contributed by atoms with Gasteiger partial charge in [0.25, 0.3) is 0 Å². The predicted molar refractivity (Wildman–Crippen MR) is 36.1 cm³/mol. The van der Waals surface area contributed by atoms with Gasteiger partial charge in [0.15, 0.2) is 0 Å². The first-order valence-electron chi connectivity index (χ1n) is 2.32. The van der Waals surface area contributed by atoms with Gasteiger partial charge in [-0.2, -0.15) is 0 Å². The largest absolute Gasteiger partial charge is 0.480 e. The summed E-state index contributed by atoms with van der Waals surface area (Å²) < 4.78 is 0. The van der Waals surface area contributed by atoms with Gasteiger partial charge in [-0.1, -0.05) is 21.6 Å². The van der Waals surface area contributed by atoms with Crippen molar-refractivity contribution in [2.45, 2.75) is 11.7 Å². The SMILES string of the molecule is O=C(O)C1CCSS1. The molecule has 1 heterocycles. The molecule has 1 saturated heterocycles. The number of carbonyl (C=O) groups is 1. The molecule has 0 radical (unpaired) electrons. The highest BCUT2D eigenvalue weighted by Gasteiger charge is 2.22. The number of carboxylic acids is 1. The van der Waals surface area contributed by atoms with Gasteiger partial charge in [0.2, 0.25) is 0 Å². The van der Waals surface area contributed by atoms with Crippen LogP contribution in [0, 0.1) is 0 Å². The van der Waals surface area contributed by atoms with Crippen LogP contribution in [0.5, 0.6) is 0 Å². The summed E-state index contributed by atoms with van der Waals surface area (Å²) in [5.74, 6) is 0.321. The van der Waals surface area contributed by atoms with Crippen LogP contribution in [0.3, 0.4) is 0 Å². The first-order chi connectivity index (χ1) is 3.80. The standard InChI is InChI=1S/C4H6O2S2/c5-4(6)3-1-2-7-8-3/h3H,1-2H2,(H,5,6). The Morgan fingerprint density at radius 2 is 2.50 bits per heavy atom. The maximum absolute atomic E-state index is 10.2. The molecule has 1 fully saturated rings. The lowest BCUT2D eigenvalue weighted by atomic mass is 10.3. The second kappa shape index (κ2) is 2.64. The van der Waals surface area contributed by atoms with Crippen molar-refractivity contribution < 1.29 is 9.90 Å². The highest BCUT2D eigenvalue weighted by Crippen LogP contribution is 2.37. The molecule has 0 aromatic heterocycles. The first-order valence-corrected chi connectivity index (χ1v) is 4.70. The Hall–Kier alpha value is 0.170. The van der Waals surface area contributed by atoms with Gasteiger partial charge in [0.05, 0.1) is 0 Å². The van der Waals surface area contributed by atoms with Crippen LogP contribution in [-0.2, 0) is 4.79 Å². The molecule has 1 N–H and O–H groups in total. The van der Waals surface area contributed by atoms with Crippen molar-refractivity contribution in [3.05, 3.63) is 0 Å². The van der Waals surface area contributed by atoms with Gasteiger partial charge in [0.1, 0.15) is 5.25 Å². The van der Waals surface area contributed by atoms with Gasteiger partial charge in [-0.05, 0) is 6.42 Å². The van der Waals surface area contributed by atoms with E-state index in [0.29, 0.717) is 0 Å². The molecular formula is C4H6O2S2. The molecule has 1 aliphatic heterocycles. The molecule has 0 bridgehead atoms. The number of hydrogen-bond acceptors (Lipinski definition) is 3. The fourth-order valence-corrected chi connectivity index (χ4v) is 3.14. The molecule has 0 aliphatic carbocycles. The third-order valence-electron chi connectivity index (χ3n) is 0.923. The monoisotopic (exact) mass is 150 g/mol. The quantitative estimate of drug-likeness (QED) is 0.570. The van der Waals surface area contributed by atoms with Crippen LogP contribution in [0.15, 0.2) is 0 Å². The van der Waals surface area contributed by atoms with Crippen LogP contribution in [0.4, 0.5) is 0 Å². The van der Waals surface area contributed by atoms with Gasteiger partial charge in [-0.25, -0.2) is 0 Å². The molecule has 0 aromatic carbocycles. The molecule has 1 atom stereocenters. The van der Waals surface area contributed by atoms with E-state index in [1.54, 1.807) is 10.8 Å². The third kappa shape index (κ3) is 1.32. The summed E-state index contributed by atoms with van der Waals surface area (Å²) in [6.07, 6.45) is 0.824. The lowest BCUT2D eigenvalue weighted by molar-refractivity contribution is -0.136. The summed E-state index contributed by atoms with van der Waals surface area (Å²) in [5.41, 5.74) is 0. The van der Waals surface area contributed by atoms with Crippen molar-refractivity contribution in [1.82, 2.24) is 0 Å². The minimum Gasteiger partial charge on any atom is -0.480 e. The van der Waals surface area contributed by atoms with E-state index < -0.39 is 5.97 Å². The molecule has 2 nitrogen and oxygen atoms in total. The fraction of sp³-hybridized carbons (Fsp3) is 0.750. The molecule has 1 unspecified atom stereocenters. The molecule has 0 saturated carbocycles. The predicted octanol–water partition coefficient (Wildman–Crippen LogP) is 1.22. The molecule has 8 heavy (non-hydrogen) atoms. The van der Waals surface area contributed by atoms with Crippen LogP contribution in [0.1, 0.15) is 6.42 Å². The summed E-state index contributed by atoms with van der Waals surface area (Å²) in [7, 11) is 3.11. The Morgan fingerprint density at radius 1 is 1.75 bits per heavy atom. The Bertz CT molecular complexity index is 98.2. The zero-order valence-electron chi connectivity index (χ0n) is 4.16. The second-order valence-corrected chi connectivity index (χ2v) is 4.22. The van der Waals surface area contributed by atoms with Gasteiger partial charge >= 0.3 is 5.97 Å². The van der Waals surface area contributed by atoms with Crippen molar-refractivity contribution >= 4 is 27.6 Å². The highest BCUT2D eigenvalue weighted by atomic mass is 33.1. The number of hydrogen-bond donors (Lipinski definition) is 1. The van der Waals surface area contributed by atoms with Crippen molar-refractivity contribution in [3.63, 3.8) is 0 Å². The Morgan fingerprint density at radius 3 is 2.75 bits per heavy atom. The van der Waals surface area contributed by atoms with E-state index in [4.69, 9.17) is 5.11 Å². The van der Waals surface area contributed by atoms with Gasteiger partial charge < -0.3 is 5.11 Å². The summed E-state index contributed by atoms with van der Waals surface area (Å²) >= 11 is 0. The van der Waals surface area contributed by atoms with E-state index in [1.165, 1.54) is 10.8 Å².